The molecule has 0 aliphatic carbocycles. The van der Waals surface area contributed by atoms with Gasteiger partial charge in [-0.3, -0.25) is 0 Å². The van der Waals surface area contributed by atoms with Crippen LogP contribution in [0.4, 0.5) is 5.82 Å². The van der Waals surface area contributed by atoms with E-state index in [1.807, 2.05) is 19.1 Å². The molecule has 1 saturated heterocycles. The number of nitrogens with one attached hydrogen (secondary N) is 1. The maximum atomic E-state index is 5.54. The van der Waals surface area contributed by atoms with Crippen molar-refractivity contribution in [2.24, 2.45) is 0 Å². The highest BCUT2D eigenvalue weighted by Crippen LogP contribution is 2.39. The molecular formula is C20H23ClN4O2. The molecule has 0 saturated carbocycles. The number of benzene rings is 1. The van der Waals surface area contributed by atoms with Crippen molar-refractivity contribution in [3.05, 3.63) is 29.6 Å². The quantitative estimate of drug-likeness (QED) is 0.708. The Hall–Kier alpha value is -2.47. The third-order valence-corrected chi connectivity index (χ3v) is 5.30. The molecule has 2 aromatic heterocycles. The number of hydrogen-bond acceptors (Lipinski definition) is 5. The highest BCUT2D eigenvalue weighted by molar-refractivity contribution is 5.94. The summed E-state index contributed by atoms with van der Waals surface area (Å²) >= 11 is 0. The maximum Gasteiger partial charge on any atom is 0.231 e. The lowest BCUT2D eigenvalue weighted by atomic mass is 10.1. The number of aromatic amines is 1. The SMILES string of the molecule is Cc1nc(N2CCCCC2)c2[nH]c(-c3ccc4c(c3)OCO4)c(C)c2n1.Cl. The Bertz CT molecular complexity index is 995. The second-order valence-electron chi connectivity index (χ2n) is 7.06. The Morgan fingerprint density at radius 3 is 2.59 bits per heavy atom. The molecule has 0 radical (unpaired) electrons. The van der Waals surface area contributed by atoms with Crippen molar-refractivity contribution in [2.75, 3.05) is 24.8 Å². The van der Waals surface area contributed by atoms with Crippen molar-refractivity contribution in [1.29, 1.82) is 0 Å². The van der Waals surface area contributed by atoms with Crippen molar-refractivity contribution < 1.29 is 9.47 Å². The number of aryl methyl sites for hydroxylation is 2. The maximum absolute atomic E-state index is 5.54. The largest absolute Gasteiger partial charge is 0.454 e. The smallest absolute Gasteiger partial charge is 0.231 e. The minimum Gasteiger partial charge on any atom is -0.454 e. The predicted molar refractivity (Wildman–Crippen MR) is 108 cm³/mol. The van der Waals surface area contributed by atoms with Gasteiger partial charge in [0.2, 0.25) is 6.79 Å². The Labute approximate surface area is 164 Å². The summed E-state index contributed by atoms with van der Waals surface area (Å²) in [6.45, 7) is 6.49. The molecule has 4 heterocycles. The number of anilines is 1. The molecular weight excluding hydrogens is 364 g/mol. The van der Waals surface area contributed by atoms with Crippen LogP contribution >= 0.6 is 12.4 Å². The van der Waals surface area contributed by atoms with E-state index in [-0.39, 0.29) is 19.2 Å². The number of aromatic nitrogens is 3. The van der Waals surface area contributed by atoms with E-state index in [1.165, 1.54) is 19.3 Å². The lowest BCUT2D eigenvalue weighted by Gasteiger charge is -2.28. The molecule has 0 unspecified atom stereocenters. The Balaban J connectivity index is 0.00000180. The van der Waals surface area contributed by atoms with Crippen molar-refractivity contribution in [3.8, 4) is 22.8 Å². The number of nitrogens with zero attached hydrogens (tertiary/aromatic N) is 3. The predicted octanol–water partition coefficient (Wildman–Crippen LogP) is 4.38. The summed E-state index contributed by atoms with van der Waals surface area (Å²) in [6.07, 6.45) is 3.74. The second-order valence-corrected chi connectivity index (χ2v) is 7.06. The number of piperidine rings is 1. The summed E-state index contributed by atoms with van der Waals surface area (Å²) < 4.78 is 11.0. The fraction of sp³-hybridized carbons (Fsp3) is 0.400. The van der Waals surface area contributed by atoms with E-state index >= 15 is 0 Å². The highest BCUT2D eigenvalue weighted by atomic mass is 35.5. The Morgan fingerprint density at radius 2 is 1.78 bits per heavy atom. The lowest BCUT2D eigenvalue weighted by molar-refractivity contribution is 0.174. The summed E-state index contributed by atoms with van der Waals surface area (Å²) in [4.78, 5) is 15.5. The van der Waals surface area contributed by atoms with Crippen molar-refractivity contribution in [1.82, 2.24) is 15.0 Å². The molecule has 0 bridgehead atoms. The lowest BCUT2D eigenvalue weighted by Crippen LogP contribution is -2.30. The van der Waals surface area contributed by atoms with Gasteiger partial charge in [0.15, 0.2) is 17.3 Å². The third kappa shape index (κ3) is 2.98. The van der Waals surface area contributed by atoms with Crippen LogP contribution in [-0.2, 0) is 0 Å². The average molecular weight is 387 g/mol. The monoisotopic (exact) mass is 386 g/mol. The molecule has 2 aliphatic heterocycles. The van der Waals surface area contributed by atoms with Gasteiger partial charge in [-0.05, 0) is 51.3 Å². The topological polar surface area (TPSA) is 63.3 Å². The number of hydrogen-bond donors (Lipinski definition) is 1. The Morgan fingerprint density at radius 1 is 1.00 bits per heavy atom. The van der Waals surface area contributed by atoms with Gasteiger partial charge < -0.3 is 19.4 Å². The Kier molecular flexibility index (Phi) is 4.60. The van der Waals surface area contributed by atoms with Crippen LogP contribution in [0.3, 0.4) is 0 Å². The second kappa shape index (κ2) is 6.93. The van der Waals surface area contributed by atoms with E-state index in [4.69, 9.17) is 19.4 Å². The van der Waals surface area contributed by atoms with Crippen LogP contribution in [-0.4, -0.2) is 34.8 Å². The number of ether oxygens (including phenoxy) is 2. The summed E-state index contributed by atoms with van der Waals surface area (Å²) in [6, 6.07) is 6.05. The van der Waals surface area contributed by atoms with Gasteiger partial charge in [0.1, 0.15) is 11.3 Å². The molecule has 27 heavy (non-hydrogen) atoms. The first kappa shape index (κ1) is 17.9. The number of rotatable bonds is 2. The van der Waals surface area contributed by atoms with Crippen LogP contribution < -0.4 is 14.4 Å². The van der Waals surface area contributed by atoms with Crippen LogP contribution in [0.25, 0.3) is 22.3 Å². The molecule has 1 N–H and O–H groups in total. The first-order chi connectivity index (χ1) is 12.7. The third-order valence-electron chi connectivity index (χ3n) is 5.30. The zero-order valence-corrected chi connectivity index (χ0v) is 16.4. The summed E-state index contributed by atoms with van der Waals surface area (Å²) in [7, 11) is 0. The van der Waals surface area contributed by atoms with E-state index in [1.54, 1.807) is 0 Å². The van der Waals surface area contributed by atoms with Gasteiger partial charge in [-0.1, -0.05) is 0 Å². The van der Waals surface area contributed by atoms with Crippen LogP contribution in [0.15, 0.2) is 18.2 Å². The van der Waals surface area contributed by atoms with E-state index in [0.717, 1.165) is 64.1 Å². The standard InChI is InChI=1S/C20H22N4O2.ClH/c1-12-17(14-6-7-15-16(10-14)26-11-25-15)23-19-18(12)21-13(2)22-20(19)24-8-4-3-5-9-24;/h6-7,10,23H,3-5,8-9,11H2,1-2H3;1H. The minimum absolute atomic E-state index is 0. The molecule has 142 valence electrons. The molecule has 1 fully saturated rings. The molecule has 7 heteroatoms. The molecule has 6 nitrogen and oxygen atoms in total. The zero-order chi connectivity index (χ0) is 17.7. The molecule has 5 rings (SSSR count). The van der Waals surface area contributed by atoms with Crippen molar-refractivity contribution >= 4 is 29.3 Å². The van der Waals surface area contributed by atoms with Gasteiger partial charge in [-0.15, -0.1) is 12.4 Å². The van der Waals surface area contributed by atoms with Crippen LogP contribution in [0.2, 0.25) is 0 Å². The molecule has 0 spiro atoms. The number of halogens is 1. The zero-order valence-electron chi connectivity index (χ0n) is 15.5. The van der Waals surface area contributed by atoms with Gasteiger partial charge in [0.25, 0.3) is 0 Å². The van der Waals surface area contributed by atoms with Gasteiger partial charge >= 0.3 is 0 Å². The van der Waals surface area contributed by atoms with Crippen molar-refractivity contribution in [2.45, 2.75) is 33.1 Å². The number of H-pyrrole nitrogens is 1. The summed E-state index contributed by atoms with van der Waals surface area (Å²) in [5, 5.41) is 0. The molecule has 1 aromatic carbocycles. The minimum atomic E-state index is 0. The van der Waals surface area contributed by atoms with Crippen molar-refractivity contribution in [3.63, 3.8) is 0 Å². The van der Waals surface area contributed by atoms with Crippen LogP contribution in [0.1, 0.15) is 30.7 Å². The fourth-order valence-corrected chi connectivity index (χ4v) is 3.96. The van der Waals surface area contributed by atoms with E-state index in [2.05, 4.69) is 22.9 Å². The number of fused-ring (bicyclic) bond motifs is 2. The normalized spacial score (nSPS) is 15.9. The highest BCUT2D eigenvalue weighted by Gasteiger charge is 2.22. The molecule has 0 atom stereocenters. The summed E-state index contributed by atoms with van der Waals surface area (Å²) in [5.41, 5.74) is 5.32. The van der Waals surface area contributed by atoms with Gasteiger partial charge in [-0.2, -0.15) is 0 Å². The van der Waals surface area contributed by atoms with Gasteiger partial charge in [-0.25, -0.2) is 9.97 Å². The molecule has 3 aromatic rings. The van der Waals surface area contributed by atoms with E-state index in [9.17, 15) is 0 Å². The van der Waals surface area contributed by atoms with E-state index in [0.29, 0.717) is 0 Å². The molecule has 2 aliphatic rings. The van der Waals surface area contributed by atoms with Crippen LogP contribution in [0.5, 0.6) is 11.5 Å². The van der Waals surface area contributed by atoms with Gasteiger partial charge in [0.05, 0.1) is 11.2 Å². The summed E-state index contributed by atoms with van der Waals surface area (Å²) in [5.74, 6) is 3.44. The first-order valence-electron chi connectivity index (χ1n) is 9.22. The average Bonchev–Trinajstić information content (AvgIpc) is 3.26. The van der Waals surface area contributed by atoms with Crippen LogP contribution in [0, 0.1) is 13.8 Å². The molecule has 0 amide bonds. The van der Waals surface area contributed by atoms with E-state index < -0.39 is 0 Å². The van der Waals surface area contributed by atoms with Gasteiger partial charge in [0, 0.05) is 24.2 Å². The first-order valence-corrected chi connectivity index (χ1v) is 9.22. The fourth-order valence-electron chi connectivity index (χ4n) is 3.96.